The van der Waals surface area contributed by atoms with Gasteiger partial charge in [-0.2, -0.15) is 13.2 Å². The molecule has 1 amide bonds. The van der Waals surface area contributed by atoms with Crippen molar-refractivity contribution in [3.63, 3.8) is 0 Å². The van der Waals surface area contributed by atoms with Crippen LogP contribution in [0.25, 0.3) is 11.0 Å². The van der Waals surface area contributed by atoms with Crippen LogP contribution in [0.3, 0.4) is 0 Å². The van der Waals surface area contributed by atoms with Crippen molar-refractivity contribution >= 4 is 22.6 Å². The second kappa shape index (κ2) is 7.53. The smallest absolute Gasteiger partial charge is 0.378 e. The standard InChI is InChI=1S/C23H26F3N5O2/c24-23(25,26)16-1-2-18(20-19(16)27-5-6-28-20)31-9-17(22(12-31)3-4-22)21(32)30-13-7-14-10-33-11-15(8-13)29-14/h1-2,5-6,13-15,17,29H,3-4,7-12H2,(H,30,32). The molecule has 10 heteroatoms. The fraction of sp³-hybridized carbons (Fsp3) is 0.609. The first-order chi connectivity index (χ1) is 15.8. The van der Waals surface area contributed by atoms with E-state index in [2.05, 4.69) is 20.6 Å². The predicted octanol–water partition coefficient (Wildman–Crippen LogP) is 2.50. The Morgan fingerprint density at radius 1 is 1.12 bits per heavy atom. The minimum atomic E-state index is -4.50. The molecule has 1 aromatic heterocycles. The molecule has 2 N–H and O–H groups in total. The zero-order valence-corrected chi connectivity index (χ0v) is 18.1. The molecule has 3 unspecified atom stereocenters. The Morgan fingerprint density at radius 3 is 2.48 bits per heavy atom. The largest absolute Gasteiger partial charge is 0.418 e. The van der Waals surface area contributed by atoms with Gasteiger partial charge in [-0.05, 0) is 37.8 Å². The lowest BCUT2D eigenvalue weighted by Crippen LogP contribution is -2.59. The number of aromatic nitrogens is 2. The summed E-state index contributed by atoms with van der Waals surface area (Å²) in [6.45, 7) is 2.47. The van der Waals surface area contributed by atoms with E-state index in [1.54, 1.807) is 0 Å². The molecular weight excluding hydrogens is 435 g/mol. The number of morpholine rings is 1. The van der Waals surface area contributed by atoms with Gasteiger partial charge in [-0.15, -0.1) is 0 Å². The highest BCUT2D eigenvalue weighted by atomic mass is 19.4. The number of anilines is 1. The highest BCUT2D eigenvalue weighted by molar-refractivity contribution is 5.92. The van der Waals surface area contributed by atoms with E-state index in [-0.39, 0.29) is 46.4 Å². The number of benzene rings is 1. The van der Waals surface area contributed by atoms with E-state index in [1.807, 2.05) is 4.90 Å². The zero-order valence-electron chi connectivity index (χ0n) is 18.1. The summed E-state index contributed by atoms with van der Waals surface area (Å²) in [5.74, 6) is -0.124. The van der Waals surface area contributed by atoms with Crippen LogP contribution >= 0.6 is 0 Å². The molecule has 2 aromatic rings. The average molecular weight is 461 g/mol. The maximum atomic E-state index is 13.5. The fourth-order valence-corrected chi connectivity index (χ4v) is 5.96. The van der Waals surface area contributed by atoms with Crippen molar-refractivity contribution in [2.24, 2.45) is 11.3 Å². The lowest BCUT2D eigenvalue weighted by atomic mass is 9.89. The number of fused-ring (bicyclic) bond motifs is 3. The molecule has 1 spiro atoms. The molecule has 7 nitrogen and oxygen atoms in total. The Kier molecular flexibility index (Phi) is 4.81. The number of halogens is 3. The van der Waals surface area contributed by atoms with Crippen LogP contribution in [0, 0.1) is 11.3 Å². The highest BCUT2D eigenvalue weighted by Gasteiger charge is 2.58. The van der Waals surface area contributed by atoms with Crippen LogP contribution in [0.5, 0.6) is 0 Å². The van der Waals surface area contributed by atoms with Gasteiger partial charge in [0.15, 0.2) is 0 Å². The van der Waals surface area contributed by atoms with E-state index in [1.165, 1.54) is 18.5 Å². The number of nitrogens with one attached hydrogen (secondary N) is 2. The number of amides is 1. The number of hydrogen-bond acceptors (Lipinski definition) is 6. The summed E-state index contributed by atoms with van der Waals surface area (Å²) in [6, 6.07) is 3.23. The van der Waals surface area contributed by atoms with Crippen molar-refractivity contribution in [1.82, 2.24) is 20.6 Å². The number of alkyl halides is 3. The van der Waals surface area contributed by atoms with Gasteiger partial charge >= 0.3 is 6.18 Å². The minimum absolute atomic E-state index is 0.0585. The molecule has 1 aromatic carbocycles. The Balaban J connectivity index is 1.24. The van der Waals surface area contributed by atoms with Gasteiger partial charge < -0.3 is 20.3 Å². The second-order valence-electron chi connectivity index (χ2n) is 9.95. The Labute approximate surface area is 189 Å². The summed E-state index contributed by atoms with van der Waals surface area (Å²) in [6.07, 6.45) is 1.81. The van der Waals surface area contributed by atoms with E-state index < -0.39 is 11.7 Å². The normalized spacial score (nSPS) is 30.6. The average Bonchev–Trinajstić information content (AvgIpc) is 3.44. The summed E-state index contributed by atoms with van der Waals surface area (Å²) in [5, 5.41) is 6.82. The van der Waals surface area contributed by atoms with Gasteiger partial charge in [-0.25, -0.2) is 0 Å². The first-order valence-electron chi connectivity index (χ1n) is 11.5. The van der Waals surface area contributed by atoms with Gasteiger partial charge in [0.1, 0.15) is 11.0 Å². The van der Waals surface area contributed by atoms with Crippen molar-refractivity contribution in [1.29, 1.82) is 0 Å². The Hall–Kier alpha value is -2.46. The Morgan fingerprint density at radius 2 is 1.82 bits per heavy atom. The van der Waals surface area contributed by atoms with E-state index in [0.29, 0.717) is 32.0 Å². The molecule has 0 radical (unpaired) electrons. The third kappa shape index (κ3) is 3.73. The van der Waals surface area contributed by atoms with Crippen molar-refractivity contribution in [2.75, 3.05) is 31.2 Å². The molecule has 3 saturated heterocycles. The van der Waals surface area contributed by atoms with Crippen LogP contribution in [0.4, 0.5) is 18.9 Å². The number of ether oxygens (including phenoxy) is 1. The van der Waals surface area contributed by atoms with Gasteiger partial charge in [-0.1, -0.05) is 0 Å². The molecule has 2 bridgehead atoms. The summed E-state index contributed by atoms with van der Waals surface area (Å²) < 4.78 is 46.1. The molecular formula is C23H26F3N5O2. The summed E-state index contributed by atoms with van der Waals surface area (Å²) in [4.78, 5) is 23.6. The molecule has 4 fully saturated rings. The molecule has 176 valence electrons. The van der Waals surface area contributed by atoms with E-state index in [4.69, 9.17) is 4.74 Å². The zero-order chi connectivity index (χ0) is 22.8. The maximum absolute atomic E-state index is 13.5. The quantitative estimate of drug-likeness (QED) is 0.732. The summed E-state index contributed by atoms with van der Waals surface area (Å²) >= 11 is 0. The van der Waals surface area contributed by atoms with Crippen molar-refractivity contribution in [2.45, 2.75) is 50.0 Å². The van der Waals surface area contributed by atoms with Gasteiger partial charge in [0, 0.05) is 49.0 Å². The topological polar surface area (TPSA) is 79.4 Å². The molecule has 1 saturated carbocycles. The first-order valence-corrected chi connectivity index (χ1v) is 11.5. The van der Waals surface area contributed by atoms with E-state index in [0.717, 1.165) is 31.7 Å². The van der Waals surface area contributed by atoms with Crippen molar-refractivity contribution in [3.8, 4) is 0 Å². The number of nitrogens with zero attached hydrogens (tertiary/aromatic N) is 3. The molecule has 1 aliphatic carbocycles. The van der Waals surface area contributed by atoms with Gasteiger partial charge in [0.25, 0.3) is 0 Å². The predicted molar refractivity (Wildman–Crippen MR) is 115 cm³/mol. The van der Waals surface area contributed by atoms with Crippen LogP contribution in [-0.2, 0) is 15.7 Å². The molecule has 4 heterocycles. The van der Waals surface area contributed by atoms with Crippen LogP contribution in [0.1, 0.15) is 31.2 Å². The number of carbonyl (C=O) groups excluding carboxylic acids is 1. The molecule has 3 atom stereocenters. The molecule has 6 rings (SSSR count). The van der Waals surface area contributed by atoms with Crippen LogP contribution in [0.2, 0.25) is 0 Å². The van der Waals surface area contributed by atoms with Gasteiger partial charge in [0.2, 0.25) is 5.91 Å². The third-order valence-electron chi connectivity index (χ3n) is 7.70. The molecule has 3 aliphatic heterocycles. The number of rotatable bonds is 3. The van der Waals surface area contributed by atoms with Gasteiger partial charge in [-0.3, -0.25) is 14.8 Å². The fourth-order valence-electron chi connectivity index (χ4n) is 5.96. The lowest BCUT2D eigenvalue weighted by Gasteiger charge is -2.40. The van der Waals surface area contributed by atoms with E-state index in [9.17, 15) is 18.0 Å². The van der Waals surface area contributed by atoms with Gasteiger partial charge in [0.05, 0.1) is 30.4 Å². The molecule has 4 aliphatic rings. The minimum Gasteiger partial charge on any atom is -0.378 e. The van der Waals surface area contributed by atoms with Crippen molar-refractivity contribution in [3.05, 3.63) is 30.1 Å². The summed E-state index contributed by atoms with van der Waals surface area (Å²) in [5.41, 5.74) is -0.197. The first kappa shape index (κ1) is 21.1. The Bertz CT molecular complexity index is 1080. The maximum Gasteiger partial charge on any atom is 0.418 e. The van der Waals surface area contributed by atoms with Crippen molar-refractivity contribution < 1.29 is 22.7 Å². The monoisotopic (exact) mass is 461 g/mol. The lowest BCUT2D eigenvalue weighted by molar-refractivity contribution is -0.136. The molecule has 33 heavy (non-hydrogen) atoms. The highest BCUT2D eigenvalue weighted by Crippen LogP contribution is 2.57. The van der Waals surface area contributed by atoms with Crippen LogP contribution in [0.15, 0.2) is 24.5 Å². The van der Waals surface area contributed by atoms with E-state index >= 15 is 0 Å². The van der Waals surface area contributed by atoms with Crippen LogP contribution < -0.4 is 15.5 Å². The second-order valence-corrected chi connectivity index (χ2v) is 9.95. The van der Waals surface area contributed by atoms with Crippen LogP contribution in [-0.4, -0.2) is 60.3 Å². The number of hydrogen-bond donors (Lipinski definition) is 2. The summed E-state index contributed by atoms with van der Waals surface area (Å²) in [7, 11) is 0. The number of carbonyl (C=O) groups is 1. The third-order valence-corrected chi connectivity index (χ3v) is 7.70. The SMILES string of the molecule is O=C(NC1CC2COCC(C1)N2)C1CN(c2ccc(C(F)(F)F)c3nccnc23)CC12CC2. The number of piperidine rings is 1.